The van der Waals surface area contributed by atoms with E-state index in [4.69, 9.17) is 5.73 Å². The Balaban J connectivity index is 1.95. The van der Waals surface area contributed by atoms with Gasteiger partial charge in [-0.2, -0.15) is 0 Å². The van der Waals surface area contributed by atoms with Crippen LogP contribution in [0, 0.1) is 5.92 Å². The zero-order chi connectivity index (χ0) is 13.0. The van der Waals surface area contributed by atoms with Gasteiger partial charge in [-0.25, -0.2) is 13.1 Å². The number of rotatable bonds is 7. The average Bonchev–Trinajstić information content (AvgIpc) is 3.19. The van der Waals surface area contributed by atoms with Gasteiger partial charge in [-0.05, 0) is 30.9 Å². The molecule has 18 heavy (non-hydrogen) atoms. The Kier molecular flexibility index (Phi) is 4.31. The molecule has 1 aromatic rings. The fourth-order valence-corrected chi connectivity index (χ4v) is 3.18. The molecule has 0 unspecified atom stereocenters. The highest BCUT2D eigenvalue weighted by molar-refractivity contribution is 7.89. The van der Waals surface area contributed by atoms with E-state index in [1.54, 1.807) is 18.3 Å². The Morgan fingerprint density at radius 1 is 1.44 bits per heavy atom. The number of hydrogen-bond donors (Lipinski definition) is 2. The van der Waals surface area contributed by atoms with Gasteiger partial charge in [-0.1, -0.05) is 12.8 Å². The topological polar surface area (TPSA) is 85.1 Å². The third-order valence-electron chi connectivity index (χ3n) is 3.11. The van der Waals surface area contributed by atoms with Crippen LogP contribution in [0.2, 0.25) is 0 Å². The minimum atomic E-state index is -3.47. The summed E-state index contributed by atoms with van der Waals surface area (Å²) in [4.78, 5) is 4.18. The van der Waals surface area contributed by atoms with Crippen molar-refractivity contribution < 1.29 is 8.42 Å². The predicted molar refractivity (Wildman–Crippen MR) is 69.3 cm³/mol. The summed E-state index contributed by atoms with van der Waals surface area (Å²) >= 11 is 0. The van der Waals surface area contributed by atoms with Gasteiger partial charge in [0.1, 0.15) is 4.90 Å². The molecular weight excluding hydrogens is 250 g/mol. The molecule has 3 N–H and O–H groups in total. The lowest BCUT2D eigenvalue weighted by Gasteiger charge is -2.09. The van der Waals surface area contributed by atoms with E-state index >= 15 is 0 Å². The summed E-state index contributed by atoms with van der Waals surface area (Å²) in [5.41, 5.74) is 5.90. The Morgan fingerprint density at radius 2 is 2.22 bits per heavy atom. The molecule has 100 valence electrons. The number of nitrogens with one attached hydrogen (secondary N) is 1. The summed E-state index contributed by atoms with van der Waals surface area (Å²) in [6, 6.07) is 3.15. The molecule has 0 spiro atoms. The van der Waals surface area contributed by atoms with Crippen LogP contribution >= 0.6 is 0 Å². The van der Waals surface area contributed by atoms with Crippen LogP contribution in [0.4, 0.5) is 0 Å². The zero-order valence-electron chi connectivity index (χ0n) is 10.3. The molecular formula is C12H19N3O2S. The lowest BCUT2D eigenvalue weighted by atomic mass is 10.2. The van der Waals surface area contributed by atoms with Gasteiger partial charge in [0.15, 0.2) is 0 Å². The second-order valence-corrected chi connectivity index (χ2v) is 6.37. The van der Waals surface area contributed by atoms with Crippen LogP contribution in [-0.2, 0) is 16.6 Å². The average molecular weight is 269 g/mol. The van der Waals surface area contributed by atoms with Gasteiger partial charge in [0.25, 0.3) is 0 Å². The van der Waals surface area contributed by atoms with Gasteiger partial charge in [0.05, 0.1) is 5.69 Å². The standard InChI is InChI=1S/C12H19N3O2S/c13-9-11-12(4-2-7-14-11)18(16,17)15-8-1-3-10-5-6-10/h2,4,7,10,15H,1,3,5-6,8-9,13H2. The molecule has 0 bridgehead atoms. The molecule has 1 aromatic heterocycles. The van der Waals surface area contributed by atoms with Crippen LogP contribution in [-0.4, -0.2) is 19.9 Å². The molecule has 0 atom stereocenters. The monoisotopic (exact) mass is 269 g/mol. The van der Waals surface area contributed by atoms with E-state index in [0.717, 1.165) is 18.8 Å². The highest BCUT2D eigenvalue weighted by atomic mass is 32.2. The van der Waals surface area contributed by atoms with Crippen molar-refractivity contribution in [3.63, 3.8) is 0 Å². The fraction of sp³-hybridized carbons (Fsp3) is 0.583. The largest absolute Gasteiger partial charge is 0.325 e. The molecule has 5 nitrogen and oxygen atoms in total. The highest BCUT2D eigenvalue weighted by Crippen LogP contribution is 2.33. The van der Waals surface area contributed by atoms with E-state index in [9.17, 15) is 8.42 Å². The predicted octanol–water partition coefficient (Wildman–Crippen LogP) is 1.01. The number of nitrogens with zero attached hydrogens (tertiary/aromatic N) is 1. The molecule has 1 fully saturated rings. The lowest BCUT2D eigenvalue weighted by molar-refractivity contribution is 0.570. The molecule has 1 heterocycles. The van der Waals surface area contributed by atoms with Gasteiger partial charge in [-0.3, -0.25) is 4.98 Å². The number of pyridine rings is 1. The maximum Gasteiger partial charge on any atom is 0.242 e. The summed E-state index contributed by atoms with van der Waals surface area (Å²) in [7, 11) is -3.47. The van der Waals surface area contributed by atoms with Gasteiger partial charge in [0, 0.05) is 19.3 Å². The second-order valence-electron chi connectivity index (χ2n) is 4.64. The molecule has 0 saturated heterocycles. The number of sulfonamides is 1. The smallest absolute Gasteiger partial charge is 0.242 e. The molecule has 0 aromatic carbocycles. The molecule has 1 saturated carbocycles. The van der Waals surface area contributed by atoms with Crippen LogP contribution < -0.4 is 10.5 Å². The SMILES string of the molecule is NCc1ncccc1S(=O)(=O)NCCCC1CC1. The summed E-state index contributed by atoms with van der Waals surface area (Å²) in [5.74, 6) is 0.826. The van der Waals surface area contributed by atoms with Crippen LogP contribution in [0.3, 0.4) is 0 Å². The van der Waals surface area contributed by atoms with E-state index in [1.165, 1.54) is 12.8 Å². The van der Waals surface area contributed by atoms with Crippen LogP contribution in [0.15, 0.2) is 23.2 Å². The molecule has 6 heteroatoms. The second kappa shape index (κ2) is 5.77. The van der Waals surface area contributed by atoms with E-state index in [-0.39, 0.29) is 11.4 Å². The first-order valence-electron chi connectivity index (χ1n) is 6.27. The summed E-state index contributed by atoms with van der Waals surface area (Å²) < 4.78 is 26.7. The first kappa shape index (κ1) is 13.5. The minimum Gasteiger partial charge on any atom is -0.325 e. The molecule has 2 rings (SSSR count). The number of aromatic nitrogens is 1. The lowest BCUT2D eigenvalue weighted by Crippen LogP contribution is -2.26. The van der Waals surface area contributed by atoms with Crippen molar-refractivity contribution in [1.82, 2.24) is 9.71 Å². The Labute approximate surface area is 108 Å². The van der Waals surface area contributed by atoms with Crippen molar-refractivity contribution in [2.24, 2.45) is 11.7 Å². The van der Waals surface area contributed by atoms with Crippen molar-refractivity contribution in [3.8, 4) is 0 Å². The van der Waals surface area contributed by atoms with Crippen molar-refractivity contribution in [2.75, 3.05) is 6.54 Å². The van der Waals surface area contributed by atoms with E-state index < -0.39 is 10.0 Å². The van der Waals surface area contributed by atoms with Crippen molar-refractivity contribution in [2.45, 2.75) is 37.1 Å². The number of hydrogen-bond acceptors (Lipinski definition) is 4. The third kappa shape index (κ3) is 3.51. The molecule has 1 aliphatic rings. The normalized spacial score (nSPS) is 15.8. The first-order valence-corrected chi connectivity index (χ1v) is 7.75. The fourth-order valence-electron chi connectivity index (χ4n) is 1.90. The van der Waals surface area contributed by atoms with E-state index in [1.807, 2.05) is 0 Å². The number of nitrogens with two attached hydrogens (primary N) is 1. The van der Waals surface area contributed by atoms with Gasteiger partial charge in [0.2, 0.25) is 10.0 Å². The van der Waals surface area contributed by atoms with Gasteiger partial charge < -0.3 is 5.73 Å². The quantitative estimate of drug-likeness (QED) is 0.723. The maximum atomic E-state index is 12.1. The van der Waals surface area contributed by atoms with Crippen molar-refractivity contribution in [3.05, 3.63) is 24.0 Å². The van der Waals surface area contributed by atoms with Gasteiger partial charge in [-0.15, -0.1) is 0 Å². The van der Waals surface area contributed by atoms with E-state index in [0.29, 0.717) is 12.2 Å². The molecule has 1 aliphatic carbocycles. The summed E-state index contributed by atoms with van der Waals surface area (Å²) in [5, 5.41) is 0. The van der Waals surface area contributed by atoms with Gasteiger partial charge >= 0.3 is 0 Å². The minimum absolute atomic E-state index is 0.124. The van der Waals surface area contributed by atoms with Crippen LogP contribution in [0.1, 0.15) is 31.4 Å². The molecule has 0 amide bonds. The van der Waals surface area contributed by atoms with Crippen LogP contribution in [0.5, 0.6) is 0 Å². The van der Waals surface area contributed by atoms with Crippen molar-refractivity contribution >= 4 is 10.0 Å². The first-order chi connectivity index (χ1) is 8.63. The Bertz CT molecular complexity index is 498. The maximum absolute atomic E-state index is 12.1. The van der Waals surface area contributed by atoms with Crippen LogP contribution in [0.25, 0.3) is 0 Å². The summed E-state index contributed by atoms with van der Waals surface area (Å²) in [6.07, 6.45) is 6.15. The third-order valence-corrected chi connectivity index (χ3v) is 4.64. The Morgan fingerprint density at radius 3 is 2.89 bits per heavy atom. The van der Waals surface area contributed by atoms with E-state index in [2.05, 4.69) is 9.71 Å². The zero-order valence-corrected chi connectivity index (χ0v) is 11.1. The van der Waals surface area contributed by atoms with Crippen molar-refractivity contribution in [1.29, 1.82) is 0 Å². The molecule has 0 radical (unpaired) electrons. The highest BCUT2D eigenvalue weighted by Gasteiger charge is 2.21. The Hall–Kier alpha value is -0.980. The summed E-state index contributed by atoms with van der Waals surface area (Å²) in [6.45, 7) is 0.608. The molecule has 0 aliphatic heterocycles.